The molecule has 0 saturated carbocycles. The van der Waals surface area contributed by atoms with Gasteiger partial charge in [0.2, 0.25) is 0 Å². The molecule has 0 unspecified atom stereocenters. The van der Waals surface area contributed by atoms with Crippen molar-refractivity contribution in [1.29, 1.82) is 0 Å². The van der Waals surface area contributed by atoms with Crippen LogP contribution < -0.4 is 16.0 Å². The number of nitrogens with one attached hydrogen (secondary N) is 3. The summed E-state index contributed by atoms with van der Waals surface area (Å²) >= 11 is 0. The summed E-state index contributed by atoms with van der Waals surface area (Å²) < 4.78 is 85.3. The van der Waals surface area contributed by atoms with Gasteiger partial charge in [-0.3, -0.25) is 0 Å². The number of nitrogens with zero attached hydrogens (tertiary/aromatic N) is 1. The molecule has 8 nitrogen and oxygen atoms in total. The van der Waals surface area contributed by atoms with Gasteiger partial charge in [0.25, 0.3) is 0 Å². The molecule has 3 N–H and O–H groups in total. The molecule has 0 saturated heterocycles. The van der Waals surface area contributed by atoms with Crippen molar-refractivity contribution >= 4 is 18.0 Å². The number of guanidine groups is 1. The number of carbonyl (C=O) groups excluding carboxylic acids is 2. The monoisotopic (exact) mass is 562 g/mol. The number of esters is 1. The molecular weight excluding hydrogens is 534 g/mol. The molecule has 1 amide bonds. The van der Waals surface area contributed by atoms with E-state index in [0.29, 0.717) is 11.1 Å². The fraction of sp³-hybridized carbons (Fsp3) is 0.400. The lowest BCUT2D eigenvalue weighted by Crippen LogP contribution is -2.44. The normalized spacial score (nSPS) is 12.8. The number of carbonyl (C=O) groups is 2. The van der Waals surface area contributed by atoms with Crippen LogP contribution in [-0.4, -0.2) is 56.1 Å². The second kappa shape index (κ2) is 15.4. The number of alkyl halides is 6. The number of halogens is 6. The molecule has 2 rings (SSSR count). The van der Waals surface area contributed by atoms with E-state index in [1.54, 1.807) is 66.0 Å². The summed E-state index contributed by atoms with van der Waals surface area (Å²) in [7, 11) is 0. The van der Waals surface area contributed by atoms with Crippen LogP contribution in [0.5, 0.6) is 0 Å². The molecule has 0 aliphatic rings. The zero-order valence-corrected chi connectivity index (χ0v) is 20.6. The second-order valence-corrected chi connectivity index (χ2v) is 8.17. The predicted octanol–water partition coefficient (Wildman–Crippen LogP) is 4.46. The van der Waals surface area contributed by atoms with Gasteiger partial charge in [-0.15, -0.1) is 0 Å². The molecule has 0 aromatic heterocycles. The van der Waals surface area contributed by atoms with E-state index in [1.165, 1.54) is 0 Å². The quantitative estimate of drug-likeness (QED) is 0.116. The highest BCUT2D eigenvalue weighted by Crippen LogP contribution is 2.15. The fourth-order valence-electron chi connectivity index (χ4n) is 3.03. The molecule has 2 aromatic rings. The maximum atomic E-state index is 12.7. The van der Waals surface area contributed by atoms with Gasteiger partial charge in [0.05, 0.1) is 0 Å². The minimum absolute atomic E-state index is 0.0444. The van der Waals surface area contributed by atoms with Crippen molar-refractivity contribution in [2.45, 2.75) is 44.4 Å². The van der Waals surface area contributed by atoms with E-state index in [-0.39, 0.29) is 32.6 Å². The molecule has 0 radical (unpaired) electrons. The molecular formula is C25H28F6N4O4. The van der Waals surface area contributed by atoms with Gasteiger partial charge < -0.3 is 25.4 Å². The molecule has 0 heterocycles. The number of hydrogen-bond donors (Lipinski definition) is 3. The first kappa shape index (κ1) is 31.2. The largest absolute Gasteiger partial charge is 0.459 e. The standard InChI is InChI=1S/C25H28F6N4O4/c26-24(27,28)16-33-22(34-17-25(29,30)31)32-13-7-12-20(21(36)38-14-18-8-3-1-4-9-18)35-23(37)39-15-19-10-5-2-6-11-19/h1-6,8-11,20H,7,12-17H2,(H,35,37)(H2,32,33,34)/t20-/m1/s1. The summed E-state index contributed by atoms with van der Waals surface area (Å²) in [6, 6.07) is 16.3. The first-order valence-electron chi connectivity index (χ1n) is 11.7. The van der Waals surface area contributed by atoms with Crippen molar-refractivity contribution in [2.24, 2.45) is 4.99 Å². The van der Waals surface area contributed by atoms with Gasteiger partial charge >= 0.3 is 24.4 Å². The average molecular weight is 563 g/mol. The molecule has 0 aliphatic heterocycles. The van der Waals surface area contributed by atoms with E-state index >= 15 is 0 Å². The van der Waals surface area contributed by atoms with E-state index < -0.39 is 49.5 Å². The summed E-state index contributed by atoms with van der Waals surface area (Å²) in [5, 5.41) is 6.53. The minimum Gasteiger partial charge on any atom is -0.459 e. The summed E-state index contributed by atoms with van der Waals surface area (Å²) in [6.07, 6.45) is -10.3. The van der Waals surface area contributed by atoms with Crippen LogP contribution in [0.3, 0.4) is 0 Å². The van der Waals surface area contributed by atoms with Crippen LogP contribution in [0.4, 0.5) is 31.1 Å². The number of rotatable bonds is 12. The molecule has 0 aliphatic carbocycles. The number of aliphatic imine (C=N–C) groups is 1. The van der Waals surface area contributed by atoms with E-state index in [0.717, 1.165) is 0 Å². The van der Waals surface area contributed by atoms with Crippen molar-refractivity contribution in [3.63, 3.8) is 0 Å². The maximum absolute atomic E-state index is 12.7. The van der Waals surface area contributed by atoms with Gasteiger partial charge in [-0.2, -0.15) is 26.3 Å². The highest BCUT2D eigenvalue weighted by Gasteiger charge is 2.29. The third-order valence-corrected chi connectivity index (χ3v) is 4.85. The van der Waals surface area contributed by atoms with Crippen molar-refractivity contribution < 1.29 is 45.4 Å². The lowest BCUT2D eigenvalue weighted by molar-refractivity contribution is -0.147. The summed E-state index contributed by atoms with van der Waals surface area (Å²) in [4.78, 5) is 28.1. The van der Waals surface area contributed by atoms with Crippen LogP contribution >= 0.6 is 0 Å². The Kier molecular flexibility index (Phi) is 12.4. The molecule has 0 fully saturated rings. The first-order chi connectivity index (χ1) is 18.4. The van der Waals surface area contributed by atoms with E-state index in [2.05, 4.69) is 15.6 Å². The summed E-state index contributed by atoms with van der Waals surface area (Å²) in [6.45, 7) is -3.59. The van der Waals surface area contributed by atoms with Gasteiger partial charge in [0.15, 0.2) is 5.96 Å². The SMILES string of the molecule is O=C(N[C@H](CCCNC(=NCC(F)(F)F)NCC(F)(F)F)C(=O)OCc1ccccc1)OCc1ccccc1. The number of amides is 1. The Morgan fingerprint density at radius 1 is 0.795 bits per heavy atom. The highest BCUT2D eigenvalue weighted by atomic mass is 19.4. The first-order valence-corrected chi connectivity index (χ1v) is 11.7. The van der Waals surface area contributed by atoms with E-state index in [9.17, 15) is 35.9 Å². The highest BCUT2D eigenvalue weighted by molar-refractivity contribution is 5.81. The molecule has 214 valence electrons. The van der Waals surface area contributed by atoms with E-state index in [4.69, 9.17) is 9.47 Å². The van der Waals surface area contributed by atoms with Crippen molar-refractivity contribution in [3.8, 4) is 0 Å². The Morgan fingerprint density at radius 3 is 1.90 bits per heavy atom. The third-order valence-electron chi connectivity index (χ3n) is 4.85. The van der Waals surface area contributed by atoms with Crippen LogP contribution in [-0.2, 0) is 27.5 Å². The van der Waals surface area contributed by atoms with Crippen LogP contribution in [0.15, 0.2) is 65.7 Å². The Hall–Kier alpha value is -3.97. The Balaban J connectivity index is 1.95. The zero-order chi connectivity index (χ0) is 28.7. The van der Waals surface area contributed by atoms with Crippen molar-refractivity contribution in [3.05, 3.63) is 71.8 Å². The van der Waals surface area contributed by atoms with Gasteiger partial charge in [0, 0.05) is 6.54 Å². The average Bonchev–Trinajstić information content (AvgIpc) is 2.89. The molecule has 14 heteroatoms. The predicted molar refractivity (Wildman–Crippen MR) is 129 cm³/mol. The minimum atomic E-state index is -4.72. The Bertz CT molecular complexity index is 1050. The van der Waals surface area contributed by atoms with Gasteiger partial charge in [-0.05, 0) is 24.0 Å². The molecule has 39 heavy (non-hydrogen) atoms. The number of hydrogen-bond acceptors (Lipinski definition) is 5. The molecule has 1 atom stereocenters. The molecule has 2 aromatic carbocycles. The third kappa shape index (κ3) is 14.5. The zero-order valence-electron chi connectivity index (χ0n) is 20.6. The van der Waals surface area contributed by atoms with Gasteiger partial charge in [0.1, 0.15) is 32.3 Å². The van der Waals surface area contributed by atoms with Gasteiger partial charge in [-0.25, -0.2) is 14.6 Å². The number of ether oxygens (including phenoxy) is 2. The van der Waals surface area contributed by atoms with Crippen molar-refractivity contribution in [2.75, 3.05) is 19.6 Å². The topological polar surface area (TPSA) is 101 Å². The smallest absolute Gasteiger partial charge is 0.408 e. The lowest BCUT2D eigenvalue weighted by Gasteiger charge is -2.19. The number of benzene rings is 2. The van der Waals surface area contributed by atoms with E-state index in [1.807, 2.05) is 0 Å². The summed E-state index contributed by atoms with van der Waals surface area (Å²) in [5.74, 6) is -1.50. The van der Waals surface area contributed by atoms with Crippen LogP contribution in [0, 0.1) is 0 Å². The molecule has 0 spiro atoms. The Labute approximate surface area is 220 Å². The van der Waals surface area contributed by atoms with Crippen LogP contribution in [0.2, 0.25) is 0 Å². The fourth-order valence-corrected chi connectivity index (χ4v) is 3.03. The maximum Gasteiger partial charge on any atom is 0.408 e. The Morgan fingerprint density at radius 2 is 1.36 bits per heavy atom. The lowest BCUT2D eigenvalue weighted by atomic mass is 10.1. The van der Waals surface area contributed by atoms with Gasteiger partial charge in [-0.1, -0.05) is 60.7 Å². The second-order valence-electron chi connectivity index (χ2n) is 8.17. The molecule has 0 bridgehead atoms. The number of alkyl carbamates (subject to hydrolysis) is 1. The van der Waals surface area contributed by atoms with Crippen LogP contribution in [0.1, 0.15) is 24.0 Å². The van der Waals surface area contributed by atoms with Crippen molar-refractivity contribution in [1.82, 2.24) is 16.0 Å². The summed E-state index contributed by atoms with van der Waals surface area (Å²) in [5.41, 5.74) is 1.40. The van der Waals surface area contributed by atoms with Crippen LogP contribution in [0.25, 0.3) is 0 Å².